The van der Waals surface area contributed by atoms with Crippen LogP contribution in [0.4, 0.5) is 0 Å². The van der Waals surface area contributed by atoms with Crippen molar-refractivity contribution in [1.29, 1.82) is 0 Å². The third-order valence-corrected chi connectivity index (χ3v) is 0. The molecular formula is H4CaN2O2. The summed E-state index contributed by atoms with van der Waals surface area (Å²) in [6.07, 6.45) is 0. The smallest absolute Gasteiger partial charge is 0 e. The van der Waals surface area contributed by atoms with Gasteiger partial charge in [0.2, 0.25) is 0 Å². The molecule has 0 aromatic rings. The van der Waals surface area contributed by atoms with Crippen LogP contribution in [-0.2, 0) is 0 Å². The molecule has 0 amide bonds. The first-order valence-corrected chi connectivity index (χ1v) is 0.365. The Morgan fingerprint density at radius 2 is 1.60 bits per heavy atom. The predicted octanol–water partition coefficient (Wildman–Crippen LogP) is 0.246. The van der Waals surface area contributed by atoms with Crippen molar-refractivity contribution in [3.63, 3.8) is 0 Å². The second-order valence-electron chi connectivity index (χ2n) is 0.0745. The van der Waals surface area contributed by atoms with Gasteiger partial charge in [0.05, 0.1) is 0 Å². The molecule has 2 radical (unpaired) electrons. The zero-order chi connectivity index (χ0) is 2.71. The van der Waals surface area contributed by atoms with Crippen LogP contribution >= 0.6 is 0 Å². The summed E-state index contributed by atoms with van der Waals surface area (Å²) in [6.45, 7) is 0. The Bertz CT molecular complexity index is 15.1. The number of quaternary nitrogens is 1. The molecule has 0 bridgehead atoms. The monoisotopic (exact) mass is 104 g/mol. The molecule has 0 heterocycles. The van der Waals surface area contributed by atoms with Crippen LogP contribution in [0.25, 0.3) is 0 Å². The first-order valence-electron chi connectivity index (χ1n) is 0.365. The molecule has 5 heteroatoms. The van der Waals surface area contributed by atoms with E-state index in [0.717, 1.165) is 5.34 Å². The van der Waals surface area contributed by atoms with E-state index in [2.05, 4.69) is 0 Å². The van der Waals surface area contributed by atoms with Gasteiger partial charge in [-0.3, -0.25) is 0 Å². The zero-order valence-electron chi connectivity index (χ0n) is 2.97. The molecule has 4 nitrogen and oxygen atoms in total. The van der Waals surface area contributed by atoms with E-state index in [1.807, 2.05) is 0 Å². The molecule has 0 rings (SSSR count). The fourth-order valence-corrected chi connectivity index (χ4v) is 0. The minimum Gasteiger partial charge on any atom is -0.444 e. The summed E-state index contributed by atoms with van der Waals surface area (Å²) < 4.78 is 0. The molecule has 0 aromatic carbocycles. The quantitative estimate of drug-likeness (QED) is 0.271. The molecule has 4 N–H and O–H groups in total. The van der Waals surface area contributed by atoms with Crippen LogP contribution in [0.15, 0.2) is 5.34 Å². The molecule has 0 aliphatic carbocycles. The third kappa shape index (κ3) is 82.5. The van der Waals surface area contributed by atoms with Gasteiger partial charge < -0.3 is 16.3 Å². The average molecular weight is 104 g/mol. The van der Waals surface area contributed by atoms with E-state index in [0.29, 0.717) is 0 Å². The predicted molar refractivity (Wildman–Crippen MR) is 20.9 cm³/mol. The largest absolute Gasteiger partial charge is 0.444 e. The normalized spacial score (nSPS) is 2.40. The summed E-state index contributed by atoms with van der Waals surface area (Å²) in [7, 11) is 0. The summed E-state index contributed by atoms with van der Waals surface area (Å²) >= 11 is 0. The van der Waals surface area contributed by atoms with Crippen LogP contribution in [0.1, 0.15) is 0 Å². The first kappa shape index (κ1) is 17.5. The molecular weight excluding hydrogens is 100 g/mol. The van der Waals surface area contributed by atoms with E-state index < -0.39 is 0 Å². The van der Waals surface area contributed by atoms with Crippen molar-refractivity contribution >= 4 is 37.7 Å². The molecule has 0 saturated carbocycles. The Morgan fingerprint density at radius 3 is 1.60 bits per heavy atom. The van der Waals surface area contributed by atoms with Crippen LogP contribution in [0.3, 0.4) is 0 Å². The van der Waals surface area contributed by atoms with Gasteiger partial charge in [-0.25, -0.2) is 0 Å². The summed E-state index contributed by atoms with van der Waals surface area (Å²) in [5.41, 5.74) is 0. The van der Waals surface area contributed by atoms with Gasteiger partial charge in [0.1, 0.15) is 0 Å². The van der Waals surface area contributed by atoms with Gasteiger partial charge in [0.25, 0.3) is 0 Å². The average Bonchev–Trinajstić information content (AvgIpc) is 0.918. The van der Waals surface area contributed by atoms with Crippen molar-refractivity contribution in [2.75, 3.05) is 0 Å². The Balaban J connectivity index is -0.0000000200. The standard InChI is InChI=1S/Ca.HNO2.H3N/c;2-1-3;/h;(H,2,3);1H3. The second kappa shape index (κ2) is 23.1. The number of rotatable bonds is 0. The first-order chi connectivity index (χ1) is 1.41. The number of hydrogen-bond donors (Lipinski definition) is 1. The molecule has 28 valence electrons. The van der Waals surface area contributed by atoms with Crippen LogP contribution in [0.2, 0.25) is 0 Å². The second-order valence-corrected chi connectivity index (χ2v) is 0.0745. The van der Waals surface area contributed by atoms with E-state index in [-0.39, 0.29) is 43.9 Å². The van der Waals surface area contributed by atoms with Crippen LogP contribution in [0, 0.1) is 10.1 Å². The van der Waals surface area contributed by atoms with Crippen molar-refractivity contribution in [3.05, 3.63) is 10.1 Å². The van der Waals surface area contributed by atoms with Crippen molar-refractivity contribution < 1.29 is 0 Å². The molecule has 0 atom stereocenters. The fraction of sp³-hybridized carbons (Fsp3) is 0. The maximum Gasteiger partial charge on any atom is 0 e. The van der Waals surface area contributed by atoms with E-state index in [1.54, 1.807) is 0 Å². The summed E-state index contributed by atoms with van der Waals surface area (Å²) in [5, 5.41) is 9.00. The van der Waals surface area contributed by atoms with Crippen LogP contribution in [0.5, 0.6) is 0 Å². The molecule has 5 heavy (non-hydrogen) atoms. The van der Waals surface area contributed by atoms with E-state index in [4.69, 9.17) is 10.1 Å². The van der Waals surface area contributed by atoms with Gasteiger partial charge in [0.15, 0.2) is 0 Å². The van der Waals surface area contributed by atoms with Gasteiger partial charge in [-0.1, -0.05) is 0 Å². The molecule has 0 aromatic heterocycles. The summed E-state index contributed by atoms with van der Waals surface area (Å²) in [5.74, 6) is 0. The van der Waals surface area contributed by atoms with Crippen molar-refractivity contribution in [1.82, 2.24) is 6.15 Å². The minimum atomic E-state index is 0. The minimum absolute atomic E-state index is 0. The summed E-state index contributed by atoms with van der Waals surface area (Å²) in [6, 6.07) is 0. The van der Waals surface area contributed by atoms with Gasteiger partial charge in [-0.05, 0) is 0 Å². The zero-order valence-corrected chi connectivity index (χ0v) is 5.18. The van der Waals surface area contributed by atoms with Crippen molar-refractivity contribution in [3.8, 4) is 0 Å². The maximum absolute atomic E-state index is 8.00. The Morgan fingerprint density at radius 1 is 1.60 bits per heavy atom. The van der Waals surface area contributed by atoms with Crippen LogP contribution < -0.4 is 6.15 Å². The van der Waals surface area contributed by atoms with Gasteiger partial charge >= 0.3 is 0 Å². The van der Waals surface area contributed by atoms with Gasteiger partial charge in [-0.15, -0.1) is 5.34 Å². The molecule has 0 spiro atoms. The number of nitrogens with zero attached hydrogens (tertiary/aromatic N) is 1. The summed E-state index contributed by atoms with van der Waals surface area (Å²) in [4.78, 5) is 8.00. The van der Waals surface area contributed by atoms with Crippen LogP contribution in [-0.4, -0.2) is 37.7 Å². The Kier molecular flexibility index (Phi) is 80.6. The van der Waals surface area contributed by atoms with Crippen molar-refractivity contribution in [2.24, 2.45) is 5.34 Å². The fourth-order valence-electron chi connectivity index (χ4n) is 0. The topological polar surface area (TPSA) is 89.0 Å². The third-order valence-electron chi connectivity index (χ3n) is 0. The number of hydrogen-bond acceptors (Lipinski definition) is 3. The molecule has 0 unspecified atom stereocenters. The van der Waals surface area contributed by atoms with Gasteiger partial charge in [0, 0.05) is 37.7 Å². The Hall–Kier alpha value is 0.620. The van der Waals surface area contributed by atoms with Crippen molar-refractivity contribution in [2.45, 2.75) is 0 Å². The van der Waals surface area contributed by atoms with Gasteiger partial charge in [-0.2, -0.15) is 0 Å². The SMILES string of the molecule is O=N[O-].[Ca].[NH4+]. The molecule has 0 fully saturated rings. The van der Waals surface area contributed by atoms with E-state index >= 15 is 0 Å². The van der Waals surface area contributed by atoms with E-state index in [9.17, 15) is 0 Å². The van der Waals surface area contributed by atoms with E-state index in [1.165, 1.54) is 0 Å². The molecule has 0 aliphatic heterocycles. The Labute approximate surface area is 59.1 Å². The maximum atomic E-state index is 8.00. The molecule has 0 aliphatic rings. The molecule has 0 saturated heterocycles.